The van der Waals surface area contributed by atoms with Gasteiger partial charge < -0.3 is 0 Å². The number of benzene rings is 2. The zero-order valence-electron chi connectivity index (χ0n) is 26.7. The van der Waals surface area contributed by atoms with Gasteiger partial charge in [-0.05, 0) is 13.0 Å². The number of imidazole rings is 1. The summed E-state index contributed by atoms with van der Waals surface area (Å²) in [4.78, 5) is 60.5. The Morgan fingerprint density at radius 2 is 1.80 bits per heavy atom. The number of amides is 4. The molecule has 0 aliphatic carbocycles. The minimum atomic E-state index is -0.955. The first-order valence-corrected chi connectivity index (χ1v) is 18.7. The molecule has 8 rings (SSSR count). The third kappa shape index (κ3) is 5.99. The molecule has 13 nitrogen and oxygen atoms in total. The molecule has 3 aliphatic rings. The molecule has 2 N–H and O–H groups in total. The summed E-state index contributed by atoms with van der Waals surface area (Å²) >= 11 is -0.336. The van der Waals surface area contributed by atoms with Crippen LogP contribution in [0, 0.1) is 6.92 Å². The van der Waals surface area contributed by atoms with E-state index in [0.29, 0.717) is 23.0 Å². The van der Waals surface area contributed by atoms with Crippen LogP contribution in [0.5, 0.6) is 0 Å². The Kier molecular flexibility index (Phi) is 8.19. The van der Waals surface area contributed by atoms with Crippen molar-refractivity contribution in [3.8, 4) is 11.3 Å². The van der Waals surface area contributed by atoms with Crippen LogP contribution >= 0.6 is 0 Å². The Hall–Kier alpha value is -4.96. The number of nitrogens with one attached hydrogen (secondary N) is 2. The average molecular weight is 771 g/mol. The van der Waals surface area contributed by atoms with Gasteiger partial charge in [-0.2, -0.15) is 0 Å². The Bertz CT molecular complexity index is 2130. The molecule has 2 aromatic carbocycles. The molecule has 49 heavy (non-hydrogen) atoms. The predicted octanol–water partition coefficient (Wildman–Crippen LogP) is 0.887. The number of halogens is 1. The third-order valence-corrected chi connectivity index (χ3v) is 12.4. The van der Waals surface area contributed by atoms with Crippen LogP contribution in [-0.2, 0) is 14.0 Å². The third-order valence-electron chi connectivity index (χ3n) is 9.28. The fourth-order valence-electron chi connectivity index (χ4n) is 6.74. The molecule has 3 aliphatic heterocycles. The molecular formula is C35H33IN9O4-. The number of piperidine rings is 2. The second kappa shape index (κ2) is 12.8. The van der Waals surface area contributed by atoms with Gasteiger partial charge in [0.2, 0.25) is 0 Å². The number of nitrogens with zero attached hydrogens (tertiary/aromatic N) is 7. The smallest absolute Gasteiger partial charge is 0.0499 e. The summed E-state index contributed by atoms with van der Waals surface area (Å²) in [5.74, 6) is -1.25. The van der Waals surface area contributed by atoms with Crippen molar-refractivity contribution in [1.82, 2.24) is 37.5 Å². The van der Waals surface area contributed by atoms with E-state index in [1.165, 1.54) is 5.56 Å². The number of hydrogen-bond donors (Lipinski definition) is 2. The van der Waals surface area contributed by atoms with E-state index in [1.807, 2.05) is 46.0 Å². The summed E-state index contributed by atoms with van der Waals surface area (Å²) in [5, 5.41) is 10.3. The van der Waals surface area contributed by atoms with Crippen molar-refractivity contribution in [3.05, 3.63) is 95.7 Å². The summed E-state index contributed by atoms with van der Waals surface area (Å²) < 4.78 is 7.44. The summed E-state index contributed by atoms with van der Waals surface area (Å²) in [5.41, 5.74) is 6.51. The number of anilines is 2. The van der Waals surface area contributed by atoms with Gasteiger partial charge in [0.1, 0.15) is 0 Å². The fourth-order valence-corrected chi connectivity index (χ4v) is 9.33. The average Bonchev–Trinajstić information content (AvgIpc) is 3.84. The van der Waals surface area contributed by atoms with Gasteiger partial charge >= 0.3 is 251 Å². The van der Waals surface area contributed by atoms with E-state index in [-0.39, 0.29) is 40.2 Å². The van der Waals surface area contributed by atoms with Crippen molar-refractivity contribution < 1.29 is 40.7 Å². The molecule has 0 saturated carbocycles. The van der Waals surface area contributed by atoms with Gasteiger partial charge in [-0.3, -0.25) is 0 Å². The van der Waals surface area contributed by atoms with Crippen LogP contribution in [0.2, 0.25) is 0 Å². The van der Waals surface area contributed by atoms with E-state index in [1.54, 1.807) is 18.3 Å². The zero-order chi connectivity index (χ0) is 33.6. The van der Waals surface area contributed by atoms with Crippen LogP contribution in [0.3, 0.4) is 0 Å². The van der Waals surface area contributed by atoms with Crippen molar-refractivity contribution in [2.24, 2.45) is 0 Å². The number of hydrogen-bond acceptors (Lipinski definition) is 9. The standard InChI is InChI=1S/C35H33IN9O4/c1-21-3-2-4-23(15-21)29-19-38-31(32-37-11-14-43(29)32)40-24-18-39-44(20-24)25-9-12-42(13-10-25)36-17-22-5-6-26-27(16-22)35(49)45(34(26)48)28-7-8-30(46)41-33(28)47/h2-6,11,14-16,18-20,25,28H,7-10,12-13,17H2,1H3,(H,38,40)(H,41,46,47)/q-1. The molecule has 0 radical (unpaired) electrons. The quantitative estimate of drug-likeness (QED) is 0.102. The summed E-state index contributed by atoms with van der Waals surface area (Å²) in [6.45, 7) is 4.00. The first-order valence-electron chi connectivity index (χ1n) is 16.2. The van der Waals surface area contributed by atoms with Crippen LogP contribution < -0.4 is 32.1 Å². The molecule has 0 spiro atoms. The Morgan fingerprint density at radius 3 is 2.61 bits per heavy atom. The van der Waals surface area contributed by atoms with Crippen molar-refractivity contribution >= 4 is 40.8 Å². The molecule has 2 fully saturated rings. The molecule has 5 aromatic rings. The zero-order valence-corrected chi connectivity index (χ0v) is 28.8. The molecule has 2 saturated heterocycles. The van der Waals surface area contributed by atoms with Crippen molar-refractivity contribution in [2.45, 2.75) is 49.1 Å². The largest absolute Gasteiger partial charge is 0.0499 e. The van der Waals surface area contributed by atoms with Crippen LogP contribution in [0.25, 0.3) is 16.9 Å². The second-order valence-electron chi connectivity index (χ2n) is 12.5. The van der Waals surface area contributed by atoms with Gasteiger partial charge in [0.05, 0.1) is 0 Å². The number of alkyl halides is 1. The van der Waals surface area contributed by atoms with Crippen LogP contribution in [-0.4, -0.2) is 74.9 Å². The summed E-state index contributed by atoms with van der Waals surface area (Å²) in [6.07, 6.45) is 11.7. The molecule has 14 heteroatoms. The van der Waals surface area contributed by atoms with Crippen molar-refractivity contribution in [2.75, 3.05) is 18.4 Å². The van der Waals surface area contributed by atoms with Gasteiger partial charge in [0, 0.05) is 5.56 Å². The van der Waals surface area contributed by atoms with Crippen LogP contribution in [0.15, 0.2) is 73.4 Å². The minimum Gasteiger partial charge on any atom is -0.0499 e. The van der Waals surface area contributed by atoms with Crippen LogP contribution in [0.1, 0.15) is 63.6 Å². The number of rotatable bonds is 8. The second-order valence-corrected chi connectivity index (χ2v) is 15.3. The number of aryl methyl sites for hydroxylation is 1. The number of aromatic nitrogens is 5. The molecule has 250 valence electrons. The van der Waals surface area contributed by atoms with Gasteiger partial charge in [-0.1, -0.05) is 23.8 Å². The maximum absolute atomic E-state index is 13.2. The SMILES string of the molecule is Cc1cccc(-c2cnc(Nc3cnn(C4CCN([I-]Cc5ccc6c(c5)C(=O)N(C5CCC(=O)NC5=O)C6=O)CC4)c3)c3nccn23)c1. The first-order chi connectivity index (χ1) is 23.8. The number of carbonyl (C=O) groups excluding carboxylic acids is 4. The van der Waals surface area contributed by atoms with Gasteiger partial charge in [0.15, 0.2) is 0 Å². The number of imide groups is 2. The number of fused-ring (bicyclic) bond motifs is 2. The van der Waals surface area contributed by atoms with Crippen LogP contribution in [0.4, 0.5) is 11.5 Å². The monoisotopic (exact) mass is 770 g/mol. The molecule has 4 amide bonds. The molecule has 1 unspecified atom stereocenters. The Balaban J connectivity index is 0.865. The van der Waals surface area contributed by atoms with E-state index in [0.717, 1.165) is 63.4 Å². The van der Waals surface area contributed by atoms with Crippen molar-refractivity contribution in [3.63, 3.8) is 0 Å². The molecule has 0 bridgehead atoms. The summed E-state index contributed by atoms with van der Waals surface area (Å²) in [7, 11) is 0. The van der Waals surface area contributed by atoms with Gasteiger partial charge in [-0.15, -0.1) is 0 Å². The Morgan fingerprint density at radius 1 is 0.959 bits per heavy atom. The minimum absolute atomic E-state index is 0.102. The fraction of sp³-hybridized carbons (Fsp3) is 0.286. The first kappa shape index (κ1) is 31.3. The maximum atomic E-state index is 13.2. The Labute approximate surface area is 292 Å². The van der Waals surface area contributed by atoms with Crippen molar-refractivity contribution in [1.29, 1.82) is 0 Å². The normalized spacial score (nSPS) is 18.8. The molecule has 6 heterocycles. The van der Waals surface area contributed by atoms with E-state index >= 15 is 0 Å². The topological polar surface area (TPSA) is 147 Å². The molecular weight excluding hydrogens is 737 g/mol. The molecule has 3 aromatic heterocycles. The number of carbonyl (C=O) groups is 4. The summed E-state index contributed by atoms with van der Waals surface area (Å²) in [6, 6.07) is 13.1. The van der Waals surface area contributed by atoms with Gasteiger partial charge in [-0.25, -0.2) is 0 Å². The van der Waals surface area contributed by atoms with E-state index < -0.39 is 23.8 Å². The predicted molar refractivity (Wildman–Crippen MR) is 175 cm³/mol. The molecule has 1 atom stereocenters. The van der Waals surface area contributed by atoms with E-state index in [2.05, 4.69) is 49.0 Å². The van der Waals surface area contributed by atoms with E-state index in [9.17, 15) is 19.2 Å². The van der Waals surface area contributed by atoms with Gasteiger partial charge in [0.25, 0.3) is 0 Å². The van der Waals surface area contributed by atoms with E-state index in [4.69, 9.17) is 4.98 Å². The maximum Gasteiger partial charge on any atom is -0.0499 e.